The molecule has 6 heteroatoms. The Balaban J connectivity index is 1.76. The lowest BCUT2D eigenvalue weighted by molar-refractivity contribution is -0.133. The van der Waals surface area contributed by atoms with Crippen molar-refractivity contribution in [3.63, 3.8) is 0 Å². The van der Waals surface area contributed by atoms with E-state index in [9.17, 15) is 4.79 Å². The number of rotatable bonds is 4. The molecule has 1 saturated heterocycles. The molecule has 6 nitrogen and oxygen atoms in total. The first-order valence-corrected chi connectivity index (χ1v) is 5.08. The van der Waals surface area contributed by atoms with E-state index in [2.05, 4.69) is 15.6 Å². The molecule has 1 aliphatic heterocycles. The highest BCUT2D eigenvalue weighted by molar-refractivity contribution is 5.76. The molecule has 0 atom stereocenters. The van der Waals surface area contributed by atoms with Crippen molar-refractivity contribution in [1.82, 2.24) is 25.2 Å². The predicted octanol–water partition coefficient (Wildman–Crippen LogP) is -0.902. The Kier molecular flexibility index (Phi) is 2.96. The number of nitrogens with zero attached hydrogens (tertiary/aromatic N) is 4. The predicted molar refractivity (Wildman–Crippen MR) is 54.1 cm³/mol. The summed E-state index contributed by atoms with van der Waals surface area (Å²) in [7, 11) is 1.86. The van der Waals surface area contributed by atoms with Crippen LogP contribution < -0.4 is 5.32 Å². The minimum Gasteiger partial charge on any atom is -0.340 e. The third-order valence-corrected chi connectivity index (χ3v) is 2.73. The molecular formula is C9H15N5O. The molecule has 0 aromatic carbocycles. The molecule has 0 bridgehead atoms. The van der Waals surface area contributed by atoms with Crippen LogP contribution >= 0.6 is 0 Å². The number of aryl methyl sites for hydroxylation is 1. The summed E-state index contributed by atoms with van der Waals surface area (Å²) in [6.45, 7) is 2.42. The van der Waals surface area contributed by atoms with Crippen molar-refractivity contribution < 1.29 is 4.79 Å². The van der Waals surface area contributed by atoms with Crippen molar-refractivity contribution in [2.75, 3.05) is 20.1 Å². The second kappa shape index (κ2) is 4.39. The van der Waals surface area contributed by atoms with E-state index in [-0.39, 0.29) is 5.91 Å². The van der Waals surface area contributed by atoms with Gasteiger partial charge in [-0.25, -0.2) is 0 Å². The summed E-state index contributed by atoms with van der Waals surface area (Å²) < 4.78 is 1.67. The van der Waals surface area contributed by atoms with Crippen LogP contribution in [0.5, 0.6) is 0 Å². The topological polar surface area (TPSA) is 63.1 Å². The van der Waals surface area contributed by atoms with Crippen LogP contribution in [0.15, 0.2) is 12.4 Å². The van der Waals surface area contributed by atoms with Crippen LogP contribution in [0.1, 0.15) is 6.42 Å². The Hall–Kier alpha value is -1.43. The van der Waals surface area contributed by atoms with Crippen LogP contribution in [-0.4, -0.2) is 52.0 Å². The quantitative estimate of drug-likeness (QED) is 0.698. The van der Waals surface area contributed by atoms with E-state index < -0.39 is 0 Å². The zero-order valence-corrected chi connectivity index (χ0v) is 8.76. The Morgan fingerprint density at radius 3 is 3.00 bits per heavy atom. The Bertz CT molecular complexity index is 319. The minimum atomic E-state index is 0.164. The highest BCUT2D eigenvalue weighted by atomic mass is 16.2. The maximum atomic E-state index is 11.7. The molecule has 0 radical (unpaired) electrons. The molecule has 1 N–H and O–H groups in total. The lowest BCUT2D eigenvalue weighted by Gasteiger charge is -2.35. The Morgan fingerprint density at radius 2 is 2.47 bits per heavy atom. The SMILES string of the molecule is CN(C(=O)CCn1ccnn1)C1CNC1. The smallest absolute Gasteiger partial charge is 0.224 e. The standard InChI is InChI=1S/C9H15N5O/c1-13(8-6-10-7-8)9(15)2-4-14-5-3-11-12-14/h3,5,8,10H,2,4,6-7H2,1H3. The average Bonchev–Trinajstić information content (AvgIpc) is 2.63. The Labute approximate surface area is 88.2 Å². The van der Waals surface area contributed by atoms with Gasteiger partial charge in [0, 0.05) is 32.8 Å². The van der Waals surface area contributed by atoms with Crippen molar-refractivity contribution in [1.29, 1.82) is 0 Å². The lowest BCUT2D eigenvalue weighted by Crippen LogP contribution is -2.57. The second-order valence-corrected chi connectivity index (χ2v) is 3.73. The maximum Gasteiger partial charge on any atom is 0.224 e. The van der Waals surface area contributed by atoms with Gasteiger partial charge in [-0.1, -0.05) is 5.21 Å². The molecule has 2 rings (SSSR count). The van der Waals surface area contributed by atoms with Crippen molar-refractivity contribution in [2.45, 2.75) is 19.0 Å². The molecule has 1 aromatic rings. The molecule has 1 amide bonds. The largest absolute Gasteiger partial charge is 0.340 e. The van der Waals surface area contributed by atoms with Gasteiger partial charge in [0.1, 0.15) is 0 Å². The van der Waals surface area contributed by atoms with E-state index in [0.29, 0.717) is 19.0 Å². The fourth-order valence-electron chi connectivity index (χ4n) is 1.49. The molecule has 1 fully saturated rings. The molecule has 0 spiro atoms. The van der Waals surface area contributed by atoms with E-state index in [1.807, 2.05) is 11.9 Å². The molecule has 82 valence electrons. The van der Waals surface area contributed by atoms with Gasteiger partial charge in [-0.2, -0.15) is 0 Å². The van der Waals surface area contributed by atoms with E-state index in [4.69, 9.17) is 0 Å². The first kappa shape index (κ1) is 10.1. The number of likely N-dealkylation sites (N-methyl/N-ethyl adjacent to an activating group) is 1. The highest BCUT2D eigenvalue weighted by Gasteiger charge is 2.24. The molecule has 0 aliphatic carbocycles. The van der Waals surface area contributed by atoms with Crippen LogP contribution in [0.25, 0.3) is 0 Å². The molecule has 0 unspecified atom stereocenters. The van der Waals surface area contributed by atoms with Crippen LogP contribution in [0.4, 0.5) is 0 Å². The van der Waals surface area contributed by atoms with Crippen LogP contribution in [0.3, 0.4) is 0 Å². The molecule has 15 heavy (non-hydrogen) atoms. The van der Waals surface area contributed by atoms with E-state index in [0.717, 1.165) is 13.1 Å². The normalized spacial score (nSPS) is 16.1. The summed E-state index contributed by atoms with van der Waals surface area (Å²) in [5, 5.41) is 10.6. The number of amides is 1. The van der Waals surface area contributed by atoms with E-state index >= 15 is 0 Å². The lowest BCUT2D eigenvalue weighted by atomic mass is 10.1. The first-order valence-electron chi connectivity index (χ1n) is 5.08. The van der Waals surface area contributed by atoms with Gasteiger partial charge in [0.05, 0.1) is 18.8 Å². The van der Waals surface area contributed by atoms with Crippen molar-refractivity contribution in [3.05, 3.63) is 12.4 Å². The van der Waals surface area contributed by atoms with Gasteiger partial charge in [0.15, 0.2) is 0 Å². The maximum absolute atomic E-state index is 11.7. The summed E-state index contributed by atoms with van der Waals surface area (Å²) in [6.07, 6.45) is 3.86. The second-order valence-electron chi connectivity index (χ2n) is 3.73. The van der Waals surface area contributed by atoms with Gasteiger partial charge < -0.3 is 10.2 Å². The van der Waals surface area contributed by atoms with Gasteiger partial charge in [0.25, 0.3) is 0 Å². The molecule has 0 saturated carbocycles. The fourth-order valence-corrected chi connectivity index (χ4v) is 1.49. The zero-order chi connectivity index (χ0) is 10.7. The average molecular weight is 209 g/mol. The number of carbonyl (C=O) groups is 1. The first-order chi connectivity index (χ1) is 7.27. The van der Waals surface area contributed by atoms with E-state index in [1.165, 1.54) is 0 Å². The van der Waals surface area contributed by atoms with Crippen molar-refractivity contribution in [2.24, 2.45) is 0 Å². The van der Waals surface area contributed by atoms with Gasteiger partial charge in [-0.3, -0.25) is 9.48 Å². The number of aromatic nitrogens is 3. The van der Waals surface area contributed by atoms with Gasteiger partial charge in [0.2, 0.25) is 5.91 Å². The summed E-state index contributed by atoms with van der Waals surface area (Å²) in [5.41, 5.74) is 0. The number of hydrogen-bond acceptors (Lipinski definition) is 4. The summed E-state index contributed by atoms with van der Waals surface area (Å²) >= 11 is 0. The number of hydrogen-bond donors (Lipinski definition) is 1. The Morgan fingerprint density at radius 1 is 1.67 bits per heavy atom. The zero-order valence-electron chi connectivity index (χ0n) is 8.76. The minimum absolute atomic E-state index is 0.164. The van der Waals surface area contributed by atoms with Gasteiger partial charge in [-0.15, -0.1) is 5.10 Å². The summed E-state index contributed by atoms with van der Waals surface area (Å²) in [5.74, 6) is 0.164. The number of carbonyl (C=O) groups excluding carboxylic acids is 1. The van der Waals surface area contributed by atoms with Crippen molar-refractivity contribution in [3.8, 4) is 0 Å². The van der Waals surface area contributed by atoms with Gasteiger partial charge in [-0.05, 0) is 0 Å². The van der Waals surface area contributed by atoms with Gasteiger partial charge >= 0.3 is 0 Å². The fraction of sp³-hybridized carbons (Fsp3) is 0.667. The highest BCUT2D eigenvalue weighted by Crippen LogP contribution is 2.04. The molecule has 2 heterocycles. The summed E-state index contributed by atoms with van der Waals surface area (Å²) in [6, 6.07) is 0.369. The molecular weight excluding hydrogens is 194 g/mol. The van der Waals surface area contributed by atoms with Crippen molar-refractivity contribution >= 4 is 5.91 Å². The molecule has 1 aromatic heterocycles. The van der Waals surface area contributed by atoms with E-state index in [1.54, 1.807) is 17.1 Å². The third-order valence-electron chi connectivity index (χ3n) is 2.73. The van der Waals surface area contributed by atoms with Crippen LogP contribution in [0.2, 0.25) is 0 Å². The van der Waals surface area contributed by atoms with Crippen LogP contribution in [0, 0.1) is 0 Å². The third kappa shape index (κ3) is 2.33. The van der Waals surface area contributed by atoms with Crippen LogP contribution in [-0.2, 0) is 11.3 Å². The number of nitrogens with one attached hydrogen (secondary N) is 1. The molecule has 1 aliphatic rings. The summed E-state index contributed by atoms with van der Waals surface area (Å²) in [4.78, 5) is 13.5. The monoisotopic (exact) mass is 209 g/mol.